The van der Waals surface area contributed by atoms with E-state index < -0.39 is 5.97 Å². The monoisotopic (exact) mass is 452 g/mol. The first-order valence-corrected chi connectivity index (χ1v) is 10.8. The molecular formula is C20H40N2O9. The van der Waals surface area contributed by atoms with Gasteiger partial charge in [-0.25, -0.2) is 0 Å². The van der Waals surface area contributed by atoms with Gasteiger partial charge in [-0.1, -0.05) is 0 Å². The van der Waals surface area contributed by atoms with E-state index in [-0.39, 0.29) is 18.7 Å². The lowest BCUT2D eigenvalue weighted by molar-refractivity contribution is -0.138. The van der Waals surface area contributed by atoms with Gasteiger partial charge in [-0.3, -0.25) is 9.59 Å². The largest absolute Gasteiger partial charge is 0.481 e. The number of nitrogens with one attached hydrogen (secondary N) is 2. The summed E-state index contributed by atoms with van der Waals surface area (Å²) in [7, 11) is 1.88. The molecule has 11 nitrogen and oxygen atoms in total. The van der Waals surface area contributed by atoms with Gasteiger partial charge < -0.3 is 44.2 Å². The molecule has 0 aliphatic rings. The molecule has 0 aromatic carbocycles. The maximum atomic E-state index is 11.3. The average molecular weight is 453 g/mol. The minimum Gasteiger partial charge on any atom is -0.481 e. The minimum atomic E-state index is -0.976. The zero-order valence-electron chi connectivity index (χ0n) is 18.7. The third-order valence-electron chi connectivity index (χ3n) is 3.71. The third-order valence-corrected chi connectivity index (χ3v) is 3.71. The van der Waals surface area contributed by atoms with Gasteiger partial charge in [0.15, 0.2) is 0 Å². The molecular weight excluding hydrogens is 412 g/mol. The molecule has 0 aliphatic carbocycles. The second-order valence-electron chi connectivity index (χ2n) is 6.38. The van der Waals surface area contributed by atoms with Gasteiger partial charge in [-0.15, -0.1) is 0 Å². The molecule has 11 heteroatoms. The van der Waals surface area contributed by atoms with Crippen LogP contribution < -0.4 is 10.6 Å². The fourth-order valence-corrected chi connectivity index (χ4v) is 2.09. The molecule has 31 heavy (non-hydrogen) atoms. The summed E-state index contributed by atoms with van der Waals surface area (Å²) in [5, 5.41) is 14.1. The molecule has 0 atom stereocenters. The number of aliphatic carboxylic acids is 1. The van der Waals surface area contributed by atoms with E-state index in [0.29, 0.717) is 92.2 Å². The number of amides is 1. The Kier molecular flexibility index (Phi) is 23.8. The highest BCUT2D eigenvalue weighted by Crippen LogP contribution is 1.89. The molecule has 0 rings (SSSR count). The van der Waals surface area contributed by atoms with Gasteiger partial charge in [-0.05, 0) is 13.5 Å². The Hall–Kier alpha value is -1.34. The summed E-state index contributed by atoms with van der Waals surface area (Å²) in [5.41, 5.74) is 0. The van der Waals surface area contributed by atoms with E-state index in [0.717, 1.165) is 6.54 Å². The fraction of sp³-hybridized carbons (Fsp3) is 0.900. The molecule has 0 heterocycles. The van der Waals surface area contributed by atoms with E-state index in [4.69, 9.17) is 33.5 Å². The van der Waals surface area contributed by atoms with Crippen molar-refractivity contribution in [1.82, 2.24) is 10.6 Å². The molecule has 0 fully saturated rings. The molecule has 0 unspecified atom stereocenters. The normalized spacial score (nSPS) is 11.0. The van der Waals surface area contributed by atoms with Crippen molar-refractivity contribution in [2.45, 2.75) is 19.3 Å². The van der Waals surface area contributed by atoms with E-state index in [2.05, 4.69) is 10.6 Å². The molecule has 0 saturated heterocycles. The topological polar surface area (TPSA) is 134 Å². The fourth-order valence-electron chi connectivity index (χ4n) is 2.09. The predicted molar refractivity (Wildman–Crippen MR) is 113 cm³/mol. The van der Waals surface area contributed by atoms with Gasteiger partial charge in [0.2, 0.25) is 5.91 Å². The summed E-state index contributed by atoms with van der Waals surface area (Å²) in [5.74, 6) is -1.23. The van der Waals surface area contributed by atoms with Gasteiger partial charge in [0.05, 0.1) is 79.1 Å². The van der Waals surface area contributed by atoms with Crippen molar-refractivity contribution in [2.24, 2.45) is 0 Å². The molecule has 3 N–H and O–H groups in total. The molecule has 184 valence electrons. The van der Waals surface area contributed by atoms with Crippen molar-refractivity contribution < 1.29 is 43.1 Å². The first-order valence-electron chi connectivity index (χ1n) is 10.8. The highest BCUT2D eigenvalue weighted by molar-refractivity contribution is 5.80. The standard InChI is InChI=1S/C20H40N2O9/c1-21-6-8-27-10-12-29-14-16-31-18-17-30-15-13-28-11-9-26-7-2-5-22-19(23)3-4-20(24)25/h21H,2-18H2,1H3,(H,22,23)(H,24,25). The highest BCUT2D eigenvalue weighted by Gasteiger charge is 2.04. The number of carboxylic acid groups (broad SMARTS) is 1. The number of likely N-dealkylation sites (N-methyl/N-ethyl adjacent to an activating group) is 1. The van der Waals surface area contributed by atoms with E-state index >= 15 is 0 Å². The molecule has 0 spiro atoms. The van der Waals surface area contributed by atoms with Gasteiger partial charge in [0, 0.05) is 26.1 Å². The summed E-state index contributed by atoms with van der Waals surface area (Å²) >= 11 is 0. The molecule has 1 amide bonds. The summed E-state index contributed by atoms with van der Waals surface area (Å²) in [6.07, 6.45) is 0.511. The van der Waals surface area contributed by atoms with Gasteiger partial charge in [0.25, 0.3) is 0 Å². The van der Waals surface area contributed by atoms with Crippen LogP contribution in [0.25, 0.3) is 0 Å². The summed E-state index contributed by atoms with van der Waals surface area (Å²) in [6.45, 7) is 7.64. The molecule has 0 saturated carbocycles. The van der Waals surface area contributed by atoms with Crippen LogP contribution in [0.2, 0.25) is 0 Å². The van der Waals surface area contributed by atoms with E-state index in [1.807, 2.05) is 7.05 Å². The Morgan fingerprint density at radius 1 is 0.613 bits per heavy atom. The molecule has 0 aromatic heterocycles. The Morgan fingerprint density at radius 3 is 1.45 bits per heavy atom. The first-order chi connectivity index (χ1) is 15.2. The van der Waals surface area contributed by atoms with Crippen LogP contribution in [0.5, 0.6) is 0 Å². The van der Waals surface area contributed by atoms with Gasteiger partial charge >= 0.3 is 5.97 Å². The van der Waals surface area contributed by atoms with E-state index in [9.17, 15) is 9.59 Å². The Balaban J connectivity index is 3.08. The number of rotatable bonds is 25. The second kappa shape index (κ2) is 24.9. The number of carboxylic acids is 1. The molecule has 0 bridgehead atoms. The zero-order valence-corrected chi connectivity index (χ0v) is 18.7. The lowest BCUT2D eigenvalue weighted by Gasteiger charge is -2.08. The van der Waals surface area contributed by atoms with Crippen LogP contribution in [0, 0.1) is 0 Å². The Labute approximate surface area is 185 Å². The maximum absolute atomic E-state index is 11.3. The maximum Gasteiger partial charge on any atom is 0.303 e. The lowest BCUT2D eigenvalue weighted by atomic mass is 10.3. The van der Waals surface area contributed by atoms with Crippen molar-refractivity contribution in [1.29, 1.82) is 0 Å². The van der Waals surface area contributed by atoms with E-state index in [1.54, 1.807) is 0 Å². The minimum absolute atomic E-state index is 0.000117. The van der Waals surface area contributed by atoms with Crippen LogP contribution in [0.3, 0.4) is 0 Å². The van der Waals surface area contributed by atoms with Crippen LogP contribution in [0.4, 0.5) is 0 Å². The average Bonchev–Trinajstić information content (AvgIpc) is 2.75. The van der Waals surface area contributed by atoms with Crippen LogP contribution in [0.15, 0.2) is 0 Å². The summed E-state index contributed by atoms with van der Waals surface area (Å²) in [6, 6.07) is 0. The van der Waals surface area contributed by atoms with Gasteiger partial charge in [-0.2, -0.15) is 0 Å². The number of hydrogen-bond donors (Lipinski definition) is 3. The van der Waals surface area contributed by atoms with Crippen LogP contribution in [0.1, 0.15) is 19.3 Å². The number of ether oxygens (including phenoxy) is 6. The Bertz CT molecular complexity index is 414. The summed E-state index contributed by atoms with van der Waals surface area (Å²) in [4.78, 5) is 21.6. The van der Waals surface area contributed by atoms with Crippen molar-refractivity contribution in [3.8, 4) is 0 Å². The van der Waals surface area contributed by atoms with E-state index in [1.165, 1.54) is 0 Å². The SMILES string of the molecule is CNCCOCCOCCOCCOCCOCCOCCCNC(=O)CCC(=O)O. The lowest BCUT2D eigenvalue weighted by Crippen LogP contribution is -2.25. The highest BCUT2D eigenvalue weighted by atomic mass is 16.6. The van der Waals surface area contributed by atoms with Gasteiger partial charge in [0.1, 0.15) is 0 Å². The molecule has 0 aromatic rings. The number of carbonyl (C=O) groups is 2. The van der Waals surface area contributed by atoms with Crippen LogP contribution in [-0.4, -0.2) is 116 Å². The van der Waals surface area contributed by atoms with Crippen molar-refractivity contribution >= 4 is 11.9 Å². The second-order valence-corrected chi connectivity index (χ2v) is 6.38. The van der Waals surface area contributed by atoms with Crippen molar-refractivity contribution in [2.75, 3.05) is 99.4 Å². The third kappa shape index (κ3) is 26.6. The van der Waals surface area contributed by atoms with Crippen molar-refractivity contribution in [3.63, 3.8) is 0 Å². The molecule has 0 aliphatic heterocycles. The smallest absolute Gasteiger partial charge is 0.303 e. The van der Waals surface area contributed by atoms with Crippen LogP contribution >= 0.6 is 0 Å². The first kappa shape index (κ1) is 29.7. The number of hydrogen-bond acceptors (Lipinski definition) is 9. The quantitative estimate of drug-likeness (QED) is 0.158. The predicted octanol–water partition coefficient (Wildman–Crippen LogP) is -0.323. The molecule has 0 radical (unpaired) electrons. The zero-order chi connectivity index (χ0) is 22.8. The Morgan fingerprint density at radius 2 is 1.03 bits per heavy atom. The summed E-state index contributed by atoms with van der Waals surface area (Å²) < 4.78 is 32.3. The van der Waals surface area contributed by atoms with Crippen molar-refractivity contribution in [3.05, 3.63) is 0 Å². The number of carbonyl (C=O) groups excluding carboxylic acids is 1. The van der Waals surface area contributed by atoms with Crippen LogP contribution in [-0.2, 0) is 38.0 Å².